The summed E-state index contributed by atoms with van der Waals surface area (Å²) in [5, 5.41) is 0. The van der Waals surface area contributed by atoms with Gasteiger partial charge in [0.15, 0.2) is 0 Å². The van der Waals surface area contributed by atoms with Crippen LogP contribution < -0.4 is 5.73 Å². The molecule has 2 N–H and O–H groups in total. The normalized spacial score (nSPS) is 24.8. The van der Waals surface area contributed by atoms with Crippen molar-refractivity contribution in [1.82, 2.24) is 4.90 Å². The van der Waals surface area contributed by atoms with Crippen molar-refractivity contribution < 1.29 is 0 Å². The first kappa shape index (κ1) is 13.3. The van der Waals surface area contributed by atoms with E-state index in [-0.39, 0.29) is 5.41 Å². The van der Waals surface area contributed by atoms with Crippen LogP contribution in [-0.2, 0) is 0 Å². The maximum absolute atomic E-state index is 6.17. The summed E-state index contributed by atoms with van der Waals surface area (Å²) < 4.78 is 0. The molecule has 0 spiro atoms. The fourth-order valence-electron chi connectivity index (χ4n) is 1.83. The van der Waals surface area contributed by atoms with Crippen molar-refractivity contribution in [3.05, 3.63) is 0 Å². The molecule has 2 nitrogen and oxygen atoms in total. The van der Waals surface area contributed by atoms with E-state index < -0.39 is 0 Å². The van der Waals surface area contributed by atoms with E-state index in [0.29, 0.717) is 6.04 Å². The molecule has 0 aromatic rings. The predicted octanol–water partition coefficient (Wildman–Crippen LogP) is 2.19. The summed E-state index contributed by atoms with van der Waals surface area (Å²) in [5.41, 5.74) is 6.41. The van der Waals surface area contributed by atoms with Gasteiger partial charge >= 0.3 is 0 Å². The molecule has 15 heavy (non-hydrogen) atoms. The Kier molecular flexibility index (Phi) is 4.94. The molecular weight excluding hydrogens is 204 g/mol. The largest absolute Gasteiger partial charge is 0.327 e. The monoisotopic (exact) mass is 230 g/mol. The molecule has 3 heteroatoms. The summed E-state index contributed by atoms with van der Waals surface area (Å²) >= 11 is 2.08. The lowest BCUT2D eigenvalue weighted by Gasteiger charge is -2.30. The highest BCUT2D eigenvalue weighted by Gasteiger charge is 2.23. The SMILES string of the molecule is CN(CCC(N)C(C)(C)C)C1CCSC1. The second kappa shape index (κ2) is 5.55. The smallest absolute Gasteiger partial charge is 0.0191 e. The zero-order chi connectivity index (χ0) is 11.5. The summed E-state index contributed by atoms with van der Waals surface area (Å²) in [6.07, 6.45) is 2.47. The lowest BCUT2D eigenvalue weighted by atomic mass is 9.85. The lowest BCUT2D eigenvalue weighted by molar-refractivity contribution is 0.221. The Morgan fingerprint density at radius 2 is 2.13 bits per heavy atom. The summed E-state index contributed by atoms with van der Waals surface area (Å²) in [6, 6.07) is 1.11. The summed E-state index contributed by atoms with van der Waals surface area (Å²) in [5.74, 6) is 2.64. The topological polar surface area (TPSA) is 29.3 Å². The minimum atomic E-state index is 0.241. The molecule has 0 radical (unpaired) electrons. The molecular formula is C12H26N2S. The predicted molar refractivity (Wildman–Crippen MR) is 70.4 cm³/mol. The third-order valence-electron chi connectivity index (χ3n) is 3.43. The first-order valence-electron chi connectivity index (χ1n) is 5.95. The highest BCUT2D eigenvalue weighted by atomic mass is 32.2. The quantitative estimate of drug-likeness (QED) is 0.803. The van der Waals surface area contributed by atoms with Gasteiger partial charge in [-0.2, -0.15) is 11.8 Å². The van der Waals surface area contributed by atoms with Crippen molar-refractivity contribution in [2.75, 3.05) is 25.1 Å². The van der Waals surface area contributed by atoms with Gasteiger partial charge in [0.05, 0.1) is 0 Å². The highest BCUT2D eigenvalue weighted by Crippen LogP contribution is 2.23. The molecule has 0 aromatic carbocycles. The molecule has 0 amide bonds. The Morgan fingerprint density at radius 3 is 2.60 bits per heavy atom. The summed E-state index contributed by atoms with van der Waals surface area (Å²) in [6.45, 7) is 7.82. The van der Waals surface area contributed by atoms with Gasteiger partial charge in [-0.25, -0.2) is 0 Å². The number of hydrogen-bond donors (Lipinski definition) is 1. The van der Waals surface area contributed by atoms with Crippen LogP contribution in [0.2, 0.25) is 0 Å². The third kappa shape index (κ3) is 4.33. The van der Waals surface area contributed by atoms with Gasteiger partial charge in [-0.05, 0) is 37.6 Å². The van der Waals surface area contributed by atoms with Gasteiger partial charge in [-0.1, -0.05) is 20.8 Å². The molecule has 0 aromatic heterocycles. The maximum atomic E-state index is 6.17. The Hall–Kier alpha value is 0.270. The minimum Gasteiger partial charge on any atom is -0.327 e. The van der Waals surface area contributed by atoms with Crippen LogP contribution in [0.25, 0.3) is 0 Å². The van der Waals surface area contributed by atoms with Gasteiger partial charge in [0.25, 0.3) is 0 Å². The van der Waals surface area contributed by atoms with E-state index in [1.807, 2.05) is 0 Å². The van der Waals surface area contributed by atoms with E-state index in [0.717, 1.165) is 19.0 Å². The minimum absolute atomic E-state index is 0.241. The number of nitrogens with two attached hydrogens (primary N) is 1. The van der Waals surface area contributed by atoms with Gasteiger partial charge in [-0.3, -0.25) is 0 Å². The molecule has 0 bridgehead atoms. The van der Waals surface area contributed by atoms with Crippen molar-refractivity contribution in [3.63, 3.8) is 0 Å². The van der Waals surface area contributed by atoms with Crippen molar-refractivity contribution in [2.24, 2.45) is 11.1 Å². The van der Waals surface area contributed by atoms with Gasteiger partial charge in [-0.15, -0.1) is 0 Å². The van der Waals surface area contributed by atoms with E-state index >= 15 is 0 Å². The van der Waals surface area contributed by atoms with Crippen LogP contribution in [0.15, 0.2) is 0 Å². The first-order chi connectivity index (χ1) is 6.91. The zero-order valence-electron chi connectivity index (χ0n) is 10.6. The third-order valence-corrected chi connectivity index (χ3v) is 4.58. The number of hydrogen-bond acceptors (Lipinski definition) is 3. The molecule has 90 valence electrons. The van der Waals surface area contributed by atoms with Crippen LogP contribution in [0, 0.1) is 5.41 Å². The molecule has 1 aliphatic rings. The number of thioether (sulfide) groups is 1. The molecule has 1 fully saturated rings. The number of nitrogens with zero attached hydrogens (tertiary/aromatic N) is 1. The van der Waals surface area contributed by atoms with Crippen LogP contribution in [-0.4, -0.2) is 42.1 Å². The molecule has 1 saturated heterocycles. The van der Waals surface area contributed by atoms with Crippen LogP contribution in [0.4, 0.5) is 0 Å². The van der Waals surface area contributed by atoms with E-state index in [2.05, 4.69) is 44.5 Å². The van der Waals surface area contributed by atoms with Gasteiger partial charge in [0.1, 0.15) is 0 Å². The Bertz CT molecular complexity index is 183. The van der Waals surface area contributed by atoms with Gasteiger partial charge in [0, 0.05) is 17.8 Å². The zero-order valence-corrected chi connectivity index (χ0v) is 11.4. The molecule has 2 atom stereocenters. The van der Waals surface area contributed by atoms with Crippen molar-refractivity contribution >= 4 is 11.8 Å². The van der Waals surface area contributed by atoms with E-state index in [1.165, 1.54) is 17.9 Å². The van der Waals surface area contributed by atoms with Crippen molar-refractivity contribution in [1.29, 1.82) is 0 Å². The summed E-state index contributed by atoms with van der Waals surface area (Å²) in [4.78, 5) is 2.49. The van der Waals surface area contributed by atoms with E-state index in [9.17, 15) is 0 Å². The van der Waals surface area contributed by atoms with E-state index in [1.54, 1.807) is 0 Å². The van der Waals surface area contributed by atoms with Crippen LogP contribution in [0.3, 0.4) is 0 Å². The Morgan fingerprint density at radius 1 is 1.47 bits per heavy atom. The second-order valence-electron chi connectivity index (χ2n) is 5.76. The van der Waals surface area contributed by atoms with Crippen molar-refractivity contribution in [2.45, 2.75) is 45.7 Å². The molecule has 2 unspecified atom stereocenters. The molecule has 1 aliphatic heterocycles. The van der Waals surface area contributed by atoms with Crippen LogP contribution in [0.1, 0.15) is 33.6 Å². The molecule has 1 heterocycles. The average molecular weight is 230 g/mol. The van der Waals surface area contributed by atoms with Crippen molar-refractivity contribution in [3.8, 4) is 0 Å². The molecule has 0 aliphatic carbocycles. The fourth-order valence-corrected chi connectivity index (χ4v) is 3.13. The van der Waals surface area contributed by atoms with E-state index in [4.69, 9.17) is 5.73 Å². The highest BCUT2D eigenvalue weighted by molar-refractivity contribution is 7.99. The first-order valence-corrected chi connectivity index (χ1v) is 7.10. The Balaban J connectivity index is 2.24. The maximum Gasteiger partial charge on any atom is 0.0191 e. The van der Waals surface area contributed by atoms with Crippen LogP contribution in [0.5, 0.6) is 0 Å². The Labute approximate surface area is 99.0 Å². The number of rotatable bonds is 4. The lowest BCUT2D eigenvalue weighted by Crippen LogP contribution is -2.40. The van der Waals surface area contributed by atoms with Gasteiger partial charge in [0.2, 0.25) is 0 Å². The second-order valence-corrected chi connectivity index (χ2v) is 6.91. The molecule has 1 rings (SSSR count). The standard InChI is InChI=1S/C12H26N2S/c1-12(2,3)11(13)5-7-14(4)10-6-8-15-9-10/h10-11H,5-9,13H2,1-4H3. The average Bonchev–Trinajstić information content (AvgIpc) is 2.64. The fraction of sp³-hybridized carbons (Fsp3) is 1.00. The van der Waals surface area contributed by atoms with Gasteiger partial charge < -0.3 is 10.6 Å². The summed E-state index contributed by atoms with van der Waals surface area (Å²) in [7, 11) is 2.24. The van der Waals surface area contributed by atoms with Crippen LogP contribution >= 0.6 is 11.8 Å². The molecule has 0 saturated carbocycles.